The van der Waals surface area contributed by atoms with E-state index in [1.54, 1.807) is 19.1 Å². The first-order valence-corrected chi connectivity index (χ1v) is 9.03. The minimum atomic E-state index is -0.845. The zero-order valence-electron chi connectivity index (χ0n) is 14.3. The average Bonchev–Trinajstić information content (AvgIpc) is 3.09. The Morgan fingerprint density at radius 2 is 2.00 bits per heavy atom. The summed E-state index contributed by atoms with van der Waals surface area (Å²) in [6.45, 7) is 1.19. The number of carbonyl (C=O) groups is 2. The molecule has 0 saturated heterocycles. The van der Waals surface area contributed by atoms with Crippen LogP contribution >= 0.6 is 11.8 Å². The van der Waals surface area contributed by atoms with Crippen LogP contribution < -0.4 is 5.32 Å². The molecular formula is C17H19N3O5S. The van der Waals surface area contributed by atoms with Crippen LogP contribution in [-0.2, 0) is 14.3 Å². The fourth-order valence-electron chi connectivity index (χ4n) is 2.70. The Morgan fingerprint density at radius 1 is 1.38 bits per heavy atom. The molecule has 1 aliphatic carbocycles. The Morgan fingerprint density at radius 3 is 2.54 bits per heavy atom. The van der Waals surface area contributed by atoms with Crippen molar-refractivity contribution in [2.75, 3.05) is 6.61 Å². The molecular weight excluding hydrogens is 358 g/mol. The number of thioether (sulfide) groups is 1. The minimum Gasteiger partial charge on any atom is -0.455 e. The third kappa shape index (κ3) is 5.20. The molecule has 1 N–H and O–H groups in total. The lowest BCUT2D eigenvalue weighted by Crippen LogP contribution is -2.47. The molecule has 0 aliphatic heterocycles. The van der Waals surface area contributed by atoms with Gasteiger partial charge in [0.1, 0.15) is 10.8 Å². The van der Waals surface area contributed by atoms with Gasteiger partial charge in [-0.25, -0.2) is 0 Å². The number of nitro groups is 1. The molecule has 138 valence electrons. The molecule has 0 aromatic heterocycles. The van der Waals surface area contributed by atoms with E-state index in [4.69, 9.17) is 4.74 Å². The second-order valence-electron chi connectivity index (χ2n) is 6.07. The summed E-state index contributed by atoms with van der Waals surface area (Å²) in [4.78, 5) is 34.8. The van der Waals surface area contributed by atoms with E-state index < -0.39 is 34.2 Å². The van der Waals surface area contributed by atoms with Gasteiger partial charge in [-0.1, -0.05) is 0 Å². The molecule has 26 heavy (non-hydrogen) atoms. The maximum atomic E-state index is 12.0. The van der Waals surface area contributed by atoms with Gasteiger partial charge in [-0.3, -0.25) is 19.7 Å². The summed E-state index contributed by atoms with van der Waals surface area (Å²) in [6.07, 6.45) is 2.98. The Labute approximate surface area is 155 Å². The number of nitro benzene ring substituents is 1. The molecule has 0 unspecified atom stereocenters. The van der Waals surface area contributed by atoms with Crippen LogP contribution in [0, 0.1) is 21.4 Å². The first-order chi connectivity index (χ1) is 12.3. The second-order valence-corrected chi connectivity index (χ2v) is 7.48. The number of nitrogens with one attached hydrogen (secondary N) is 1. The molecule has 1 aromatic rings. The van der Waals surface area contributed by atoms with E-state index in [1.165, 1.54) is 23.9 Å². The van der Waals surface area contributed by atoms with E-state index in [0.717, 1.165) is 12.8 Å². The van der Waals surface area contributed by atoms with Crippen molar-refractivity contribution < 1.29 is 19.2 Å². The van der Waals surface area contributed by atoms with Gasteiger partial charge in [-0.15, -0.1) is 11.8 Å². The molecule has 0 heterocycles. The molecule has 9 heteroatoms. The molecule has 1 amide bonds. The maximum Gasteiger partial charge on any atom is 0.319 e. The monoisotopic (exact) mass is 377 g/mol. The first-order valence-electron chi connectivity index (χ1n) is 8.15. The molecule has 0 bridgehead atoms. The van der Waals surface area contributed by atoms with E-state index in [2.05, 4.69) is 11.4 Å². The molecule has 1 atom stereocenters. The zero-order valence-corrected chi connectivity index (χ0v) is 15.1. The van der Waals surface area contributed by atoms with E-state index in [9.17, 15) is 25.0 Å². The smallest absolute Gasteiger partial charge is 0.319 e. The van der Waals surface area contributed by atoms with Gasteiger partial charge in [0.05, 0.1) is 11.0 Å². The van der Waals surface area contributed by atoms with Crippen molar-refractivity contribution in [3.8, 4) is 6.07 Å². The predicted octanol–water partition coefficient (Wildman–Crippen LogP) is 2.57. The number of rotatable bonds is 7. The third-order valence-electron chi connectivity index (χ3n) is 4.09. The highest BCUT2D eigenvalue weighted by Crippen LogP contribution is 2.29. The third-order valence-corrected chi connectivity index (χ3v) is 5.18. The van der Waals surface area contributed by atoms with E-state index in [0.29, 0.717) is 17.7 Å². The number of non-ortho nitro benzene ring substituents is 1. The number of hydrogen-bond acceptors (Lipinski definition) is 7. The van der Waals surface area contributed by atoms with Gasteiger partial charge in [0, 0.05) is 17.0 Å². The Hall–Kier alpha value is -2.60. The van der Waals surface area contributed by atoms with Gasteiger partial charge in [0.15, 0.2) is 6.61 Å². The van der Waals surface area contributed by atoms with Gasteiger partial charge >= 0.3 is 5.97 Å². The van der Waals surface area contributed by atoms with Crippen LogP contribution in [-0.4, -0.2) is 34.2 Å². The molecule has 0 radical (unpaired) electrons. The number of esters is 1. The lowest BCUT2D eigenvalue weighted by atomic mass is 10.00. The summed E-state index contributed by atoms with van der Waals surface area (Å²) >= 11 is 1.18. The number of nitrogens with zero attached hydrogens (tertiary/aromatic N) is 2. The highest BCUT2D eigenvalue weighted by Gasteiger charge is 2.35. The van der Waals surface area contributed by atoms with Gasteiger partial charge in [-0.05, 0) is 44.7 Å². The van der Waals surface area contributed by atoms with Gasteiger partial charge in [0.2, 0.25) is 0 Å². The minimum absolute atomic E-state index is 0.0282. The van der Waals surface area contributed by atoms with Gasteiger partial charge in [0.25, 0.3) is 11.6 Å². The lowest BCUT2D eigenvalue weighted by molar-refractivity contribution is -0.384. The number of carbonyl (C=O) groups excluding carboxylic acids is 2. The topological polar surface area (TPSA) is 122 Å². The Balaban J connectivity index is 1.80. The normalized spacial score (nSPS) is 16.3. The van der Waals surface area contributed by atoms with Crippen LogP contribution in [0.5, 0.6) is 0 Å². The van der Waals surface area contributed by atoms with Crippen molar-refractivity contribution in [2.45, 2.75) is 48.3 Å². The molecule has 0 spiro atoms. The Bertz CT molecular complexity index is 723. The molecule has 1 aliphatic rings. The number of benzene rings is 1. The highest BCUT2D eigenvalue weighted by atomic mass is 32.2. The summed E-state index contributed by atoms with van der Waals surface area (Å²) < 4.78 is 5.01. The average molecular weight is 377 g/mol. The number of amides is 1. The van der Waals surface area contributed by atoms with Crippen LogP contribution in [0.15, 0.2) is 29.2 Å². The summed E-state index contributed by atoms with van der Waals surface area (Å²) in [6, 6.07) is 7.96. The van der Waals surface area contributed by atoms with Crippen molar-refractivity contribution in [1.82, 2.24) is 5.32 Å². The Kier molecular flexibility index (Phi) is 6.58. The van der Waals surface area contributed by atoms with Gasteiger partial charge < -0.3 is 10.1 Å². The highest BCUT2D eigenvalue weighted by molar-refractivity contribution is 8.00. The number of ether oxygens (including phenoxy) is 1. The van der Waals surface area contributed by atoms with Crippen LogP contribution in [0.2, 0.25) is 0 Å². The van der Waals surface area contributed by atoms with Crippen LogP contribution in [0.1, 0.15) is 32.6 Å². The van der Waals surface area contributed by atoms with E-state index in [-0.39, 0.29) is 5.69 Å². The van der Waals surface area contributed by atoms with E-state index in [1.807, 2.05) is 0 Å². The molecule has 2 rings (SSSR count). The molecule has 8 nitrogen and oxygen atoms in total. The number of nitriles is 1. The largest absolute Gasteiger partial charge is 0.455 e. The zero-order chi connectivity index (χ0) is 19.2. The van der Waals surface area contributed by atoms with Crippen LogP contribution in [0.3, 0.4) is 0 Å². The van der Waals surface area contributed by atoms with Crippen molar-refractivity contribution in [3.63, 3.8) is 0 Å². The fraction of sp³-hybridized carbons (Fsp3) is 0.471. The first kappa shape index (κ1) is 19.7. The van der Waals surface area contributed by atoms with Gasteiger partial charge in [-0.2, -0.15) is 5.26 Å². The molecule has 1 saturated carbocycles. The quantitative estimate of drug-likeness (QED) is 0.335. The summed E-state index contributed by atoms with van der Waals surface area (Å²) in [5, 5.41) is 21.9. The molecule has 1 aromatic carbocycles. The SMILES string of the molecule is C[C@@H](Sc1ccc([N+](=O)[O-])cc1)C(=O)OCC(=O)NC1(C#N)CCCC1. The van der Waals surface area contributed by atoms with Crippen molar-refractivity contribution in [1.29, 1.82) is 5.26 Å². The van der Waals surface area contributed by atoms with Crippen LogP contribution in [0.4, 0.5) is 5.69 Å². The fourth-order valence-corrected chi connectivity index (χ4v) is 3.56. The lowest BCUT2D eigenvalue weighted by Gasteiger charge is -2.22. The molecule has 1 fully saturated rings. The number of hydrogen-bond donors (Lipinski definition) is 1. The standard InChI is InChI=1S/C17H19N3O5S/c1-12(26-14-6-4-13(5-7-14)20(23)24)16(22)25-10-15(21)19-17(11-18)8-2-3-9-17/h4-7,12H,2-3,8-10H2,1H3,(H,19,21)/t12-/m1/s1. The van der Waals surface area contributed by atoms with Crippen LogP contribution in [0.25, 0.3) is 0 Å². The van der Waals surface area contributed by atoms with Crippen molar-refractivity contribution in [2.24, 2.45) is 0 Å². The maximum absolute atomic E-state index is 12.0. The predicted molar refractivity (Wildman–Crippen MR) is 94.3 cm³/mol. The second kappa shape index (κ2) is 8.67. The summed E-state index contributed by atoms with van der Waals surface area (Å²) in [5.74, 6) is -1.06. The summed E-state index contributed by atoms with van der Waals surface area (Å²) in [7, 11) is 0. The van der Waals surface area contributed by atoms with Crippen molar-refractivity contribution >= 4 is 29.3 Å². The van der Waals surface area contributed by atoms with E-state index >= 15 is 0 Å². The van der Waals surface area contributed by atoms with Crippen molar-refractivity contribution in [3.05, 3.63) is 34.4 Å². The summed E-state index contributed by atoms with van der Waals surface area (Å²) in [5.41, 5.74) is -0.873.